The van der Waals surface area contributed by atoms with Gasteiger partial charge in [0.1, 0.15) is 0 Å². The number of para-hydroxylation sites is 1. The van der Waals surface area contributed by atoms with Crippen molar-refractivity contribution in [1.29, 1.82) is 0 Å². The zero-order valence-electron chi connectivity index (χ0n) is 24.1. The molecular formula is C30H37N3O8S2. The molecule has 0 radical (unpaired) electrons. The normalized spacial score (nSPS) is 14.6. The van der Waals surface area contributed by atoms with Crippen molar-refractivity contribution < 1.29 is 39.6 Å². The fraction of sp³-hybridized carbons (Fsp3) is 0.333. The summed E-state index contributed by atoms with van der Waals surface area (Å²) in [5.74, 6) is -5.03. The molecule has 232 valence electrons. The van der Waals surface area contributed by atoms with Crippen molar-refractivity contribution in [2.75, 3.05) is 57.5 Å². The summed E-state index contributed by atoms with van der Waals surface area (Å²) in [6.45, 7) is 7.19. The van der Waals surface area contributed by atoms with Gasteiger partial charge in [-0.15, -0.1) is 11.8 Å². The third-order valence-electron chi connectivity index (χ3n) is 6.27. The van der Waals surface area contributed by atoms with Crippen LogP contribution in [0, 0.1) is 0 Å². The van der Waals surface area contributed by atoms with Gasteiger partial charge in [-0.25, -0.2) is 19.2 Å². The summed E-state index contributed by atoms with van der Waals surface area (Å²) in [6, 6.07) is 15.7. The molecule has 43 heavy (non-hydrogen) atoms. The average molecular weight is 632 g/mol. The van der Waals surface area contributed by atoms with Crippen LogP contribution in [0.2, 0.25) is 0 Å². The van der Waals surface area contributed by atoms with E-state index in [1.54, 1.807) is 0 Å². The first-order valence-corrected chi connectivity index (χ1v) is 15.5. The van der Waals surface area contributed by atoms with E-state index in [0.29, 0.717) is 24.3 Å². The Bertz CT molecular complexity index is 1240. The van der Waals surface area contributed by atoms with E-state index in [4.69, 9.17) is 20.4 Å². The number of fused-ring (bicyclic) bond motifs is 2. The van der Waals surface area contributed by atoms with Gasteiger partial charge in [0.25, 0.3) is 0 Å². The highest BCUT2D eigenvalue weighted by Crippen LogP contribution is 2.48. The molecule has 11 nitrogen and oxygen atoms in total. The Morgan fingerprint density at radius 1 is 0.744 bits per heavy atom. The molecule has 2 heterocycles. The standard InChI is InChI=1S/C22H29N3S2.2C4H4O4/c1-23-13-15-24(16-14-23)11-5-6-12-25-19-7-3-4-8-21(19)27-22-10-9-18(26-2)17-20(22)25;2*5-3(6)1-2-4(7)8/h3-4,7-10,17H,5-6,11-16H2,1-2H3;2*1-2H,(H,5,6)(H,7,8)/b;2*2-1-. The second kappa shape index (κ2) is 18.7. The van der Waals surface area contributed by atoms with Crippen molar-refractivity contribution in [2.45, 2.75) is 27.5 Å². The molecule has 0 unspecified atom stereocenters. The number of carboxylic acids is 4. The molecule has 2 aliphatic rings. The lowest BCUT2D eigenvalue weighted by atomic mass is 10.2. The molecule has 4 N–H and O–H groups in total. The van der Waals surface area contributed by atoms with Crippen LogP contribution in [0.25, 0.3) is 0 Å². The number of anilines is 2. The van der Waals surface area contributed by atoms with Crippen LogP contribution in [-0.2, 0) is 19.2 Å². The van der Waals surface area contributed by atoms with Crippen molar-refractivity contribution in [3.63, 3.8) is 0 Å². The maximum atomic E-state index is 9.55. The third-order valence-corrected chi connectivity index (χ3v) is 8.13. The quantitative estimate of drug-likeness (QED) is 0.166. The fourth-order valence-electron chi connectivity index (χ4n) is 4.14. The van der Waals surface area contributed by atoms with Crippen LogP contribution in [0.15, 0.2) is 81.5 Å². The monoisotopic (exact) mass is 631 g/mol. The predicted molar refractivity (Wildman–Crippen MR) is 168 cm³/mol. The Labute approximate surface area is 259 Å². The molecule has 0 amide bonds. The van der Waals surface area contributed by atoms with E-state index >= 15 is 0 Å². The highest BCUT2D eigenvalue weighted by atomic mass is 32.2. The van der Waals surface area contributed by atoms with Gasteiger partial charge in [-0.05, 0) is 63.0 Å². The second-order valence-electron chi connectivity index (χ2n) is 9.43. The lowest BCUT2D eigenvalue weighted by molar-refractivity contribution is -0.134. The molecule has 4 rings (SSSR count). The zero-order chi connectivity index (χ0) is 31.8. The minimum Gasteiger partial charge on any atom is -0.478 e. The molecule has 0 spiro atoms. The number of hydrogen-bond acceptors (Lipinski definition) is 9. The van der Waals surface area contributed by atoms with Crippen LogP contribution in [0.3, 0.4) is 0 Å². The highest BCUT2D eigenvalue weighted by molar-refractivity contribution is 8.00. The summed E-state index contributed by atoms with van der Waals surface area (Å²) < 4.78 is 0. The first kappa shape index (κ1) is 35.4. The molecule has 0 aliphatic carbocycles. The SMILES string of the molecule is CSc1ccc2c(c1)N(CCCCN1CCN(C)CC1)c1ccccc1S2.O=C(O)/C=C\C(=O)O.O=C(O)/C=C\C(=O)O. The van der Waals surface area contributed by atoms with Gasteiger partial charge in [0.05, 0.1) is 11.4 Å². The summed E-state index contributed by atoms with van der Waals surface area (Å²) in [7, 11) is 2.23. The Balaban J connectivity index is 0.000000334. The van der Waals surface area contributed by atoms with Crippen LogP contribution < -0.4 is 4.90 Å². The number of nitrogens with zero attached hydrogens (tertiary/aromatic N) is 3. The number of likely N-dealkylation sites (N-methyl/N-ethyl adjacent to an activating group) is 1. The van der Waals surface area contributed by atoms with Crippen LogP contribution in [0.5, 0.6) is 0 Å². The van der Waals surface area contributed by atoms with E-state index in [9.17, 15) is 19.2 Å². The molecule has 2 aliphatic heterocycles. The molecule has 2 aromatic carbocycles. The summed E-state index contributed by atoms with van der Waals surface area (Å²) in [5.41, 5.74) is 2.75. The van der Waals surface area contributed by atoms with Gasteiger partial charge in [0, 0.05) is 71.7 Å². The van der Waals surface area contributed by atoms with Gasteiger partial charge >= 0.3 is 23.9 Å². The zero-order valence-corrected chi connectivity index (χ0v) is 25.7. The summed E-state index contributed by atoms with van der Waals surface area (Å²) in [4.78, 5) is 49.9. The van der Waals surface area contributed by atoms with Crippen molar-refractivity contribution in [3.05, 3.63) is 66.8 Å². The average Bonchev–Trinajstić information content (AvgIpc) is 2.98. The molecular weight excluding hydrogens is 594 g/mol. The smallest absolute Gasteiger partial charge is 0.328 e. The highest BCUT2D eigenvalue weighted by Gasteiger charge is 2.23. The van der Waals surface area contributed by atoms with Gasteiger partial charge in [0.2, 0.25) is 0 Å². The maximum absolute atomic E-state index is 9.55. The number of hydrogen-bond donors (Lipinski definition) is 4. The van der Waals surface area contributed by atoms with E-state index in [-0.39, 0.29) is 0 Å². The van der Waals surface area contributed by atoms with Gasteiger partial charge in [0.15, 0.2) is 0 Å². The topological polar surface area (TPSA) is 159 Å². The number of thioether (sulfide) groups is 1. The van der Waals surface area contributed by atoms with Gasteiger partial charge < -0.3 is 35.1 Å². The number of carboxylic acid groups (broad SMARTS) is 4. The third kappa shape index (κ3) is 13.4. The molecule has 2 aromatic rings. The number of piperazine rings is 1. The molecule has 0 saturated carbocycles. The predicted octanol–water partition coefficient (Wildman–Crippen LogP) is 4.46. The first-order chi connectivity index (χ1) is 20.5. The lowest BCUT2D eigenvalue weighted by Gasteiger charge is -2.34. The summed E-state index contributed by atoms with van der Waals surface area (Å²) in [6.07, 6.45) is 6.89. The van der Waals surface area contributed by atoms with Crippen LogP contribution >= 0.6 is 23.5 Å². The minimum absolute atomic E-state index is 0.558. The Hall–Kier alpha value is -3.78. The van der Waals surface area contributed by atoms with E-state index in [1.807, 2.05) is 23.5 Å². The molecule has 0 bridgehead atoms. The van der Waals surface area contributed by atoms with Crippen molar-refractivity contribution in [1.82, 2.24) is 9.80 Å². The van der Waals surface area contributed by atoms with Crippen molar-refractivity contribution in [3.8, 4) is 0 Å². The Morgan fingerprint density at radius 3 is 1.79 bits per heavy atom. The van der Waals surface area contributed by atoms with Crippen LogP contribution in [0.1, 0.15) is 12.8 Å². The van der Waals surface area contributed by atoms with E-state index in [1.165, 1.54) is 71.6 Å². The first-order valence-electron chi connectivity index (χ1n) is 13.4. The van der Waals surface area contributed by atoms with Crippen molar-refractivity contribution in [2.24, 2.45) is 0 Å². The Kier molecular flexibility index (Phi) is 15.4. The summed E-state index contributed by atoms with van der Waals surface area (Å²) in [5, 5.41) is 31.2. The lowest BCUT2D eigenvalue weighted by Crippen LogP contribution is -2.44. The fourth-order valence-corrected chi connectivity index (χ4v) is 5.65. The van der Waals surface area contributed by atoms with Crippen molar-refractivity contribution >= 4 is 58.8 Å². The van der Waals surface area contributed by atoms with E-state index < -0.39 is 23.9 Å². The molecule has 0 aromatic heterocycles. The van der Waals surface area contributed by atoms with Crippen LogP contribution in [0.4, 0.5) is 11.4 Å². The number of carbonyl (C=O) groups is 4. The molecule has 1 fully saturated rings. The molecule has 13 heteroatoms. The number of unbranched alkanes of at least 4 members (excludes halogenated alkanes) is 1. The summed E-state index contributed by atoms with van der Waals surface area (Å²) >= 11 is 3.73. The largest absolute Gasteiger partial charge is 0.478 e. The Morgan fingerprint density at radius 2 is 1.26 bits per heavy atom. The number of benzene rings is 2. The van der Waals surface area contributed by atoms with E-state index in [2.05, 4.69) is 70.5 Å². The maximum Gasteiger partial charge on any atom is 0.328 e. The van der Waals surface area contributed by atoms with Crippen LogP contribution in [-0.4, -0.2) is 107 Å². The number of rotatable bonds is 10. The van der Waals surface area contributed by atoms with Gasteiger partial charge in [-0.1, -0.05) is 23.9 Å². The molecule has 0 atom stereocenters. The minimum atomic E-state index is -1.26. The van der Waals surface area contributed by atoms with E-state index in [0.717, 1.165) is 6.54 Å². The molecule has 1 saturated heterocycles. The number of aliphatic carboxylic acids is 4. The van der Waals surface area contributed by atoms with Gasteiger partial charge in [-0.2, -0.15) is 0 Å². The second-order valence-corrected chi connectivity index (χ2v) is 11.4. The van der Waals surface area contributed by atoms with Gasteiger partial charge in [-0.3, -0.25) is 0 Å².